The van der Waals surface area contributed by atoms with Crippen LogP contribution in [0.15, 0.2) is 12.1 Å². The molecule has 5 heteroatoms. The highest BCUT2D eigenvalue weighted by molar-refractivity contribution is 5.93. The Labute approximate surface area is 198 Å². The second-order valence-corrected chi connectivity index (χ2v) is 11.8. The van der Waals surface area contributed by atoms with Gasteiger partial charge in [-0.3, -0.25) is 4.79 Å². The third kappa shape index (κ3) is 4.00. The minimum atomic E-state index is 0.0956. The van der Waals surface area contributed by atoms with Gasteiger partial charge in [0.25, 0.3) is 5.91 Å². The van der Waals surface area contributed by atoms with Crippen LogP contribution in [-0.2, 0) is 11.8 Å². The summed E-state index contributed by atoms with van der Waals surface area (Å²) >= 11 is 0. The molecule has 7 rings (SSSR count). The van der Waals surface area contributed by atoms with Crippen molar-refractivity contribution in [3.8, 4) is 0 Å². The number of likely N-dealkylation sites (tertiary alicyclic amines) is 1. The normalized spacial score (nSPS) is 31.3. The maximum Gasteiger partial charge on any atom is 0.274 e. The summed E-state index contributed by atoms with van der Waals surface area (Å²) in [4.78, 5) is 20.6. The van der Waals surface area contributed by atoms with Crippen molar-refractivity contribution in [2.24, 2.45) is 17.8 Å². The lowest BCUT2D eigenvalue weighted by Gasteiger charge is -2.56. The van der Waals surface area contributed by atoms with E-state index in [1.807, 2.05) is 15.5 Å². The van der Waals surface area contributed by atoms with Crippen LogP contribution in [0.5, 0.6) is 0 Å². The van der Waals surface area contributed by atoms with Gasteiger partial charge in [0.05, 0.1) is 5.69 Å². The first-order valence-corrected chi connectivity index (χ1v) is 13.8. The van der Waals surface area contributed by atoms with Crippen LogP contribution in [0.4, 0.5) is 0 Å². The van der Waals surface area contributed by atoms with Crippen molar-refractivity contribution in [1.82, 2.24) is 19.5 Å². The topological polar surface area (TPSA) is 50.5 Å². The number of aryl methyl sites for hydroxylation is 1. The van der Waals surface area contributed by atoms with E-state index in [1.54, 1.807) is 0 Å². The average Bonchev–Trinajstić information content (AvgIpc) is 3.04. The van der Waals surface area contributed by atoms with Gasteiger partial charge in [0.15, 0.2) is 11.3 Å². The Kier molecular flexibility index (Phi) is 5.70. The van der Waals surface area contributed by atoms with E-state index in [0.29, 0.717) is 5.69 Å². The maximum atomic E-state index is 13.3. The molecule has 4 bridgehead atoms. The fourth-order valence-corrected chi connectivity index (χ4v) is 8.01. The molecule has 33 heavy (non-hydrogen) atoms. The minimum Gasteiger partial charge on any atom is -0.337 e. The predicted octanol–water partition coefficient (Wildman–Crippen LogP) is 5.95. The largest absolute Gasteiger partial charge is 0.337 e. The summed E-state index contributed by atoms with van der Waals surface area (Å²) in [5.41, 5.74) is 4.33. The van der Waals surface area contributed by atoms with E-state index >= 15 is 0 Å². The average molecular weight is 449 g/mol. The minimum absolute atomic E-state index is 0.0956. The zero-order valence-corrected chi connectivity index (χ0v) is 20.4. The Hall–Kier alpha value is -1.91. The summed E-state index contributed by atoms with van der Waals surface area (Å²) in [6.07, 6.45) is 17.6. The van der Waals surface area contributed by atoms with Gasteiger partial charge in [-0.25, -0.2) is 9.50 Å². The summed E-state index contributed by atoms with van der Waals surface area (Å²) < 4.78 is 2.00. The Morgan fingerprint density at radius 1 is 0.970 bits per heavy atom. The second kappa shape index (κ2) is 8.70. The molecule has 0 unspecified atom stereocenters. The lowest BCUT2D eigenvalue weighted by atomic mass is 9.49. The molecule has 5 aliphatic rings. The van der Waals surface area contributed by atoms with Crippen LogP contribution in [0.3, 0.4) is 0 Å². The molecule has 178 valence electrons. The Bertz CT molecular complexity index is 981. The van der Waals surface area contributed by atoms with Crippen LogP contribution in [-0.4, -0.2) is 38.5 Å². The third-order valence-corrected chi connectivity index (χ3v) is 9.23. The van der Waals surface area contributed by atoms with Crippen LogP contribution in [0.1, 0.15) is 112 Å². The molecule has 4 aliphatic carbocycles. The van der Waals surface area contributed by atoms with Crippen molar-refractivity contribution >= 4 is 11.6 Å². The lowest BCUT2D eigenvalue weighted by molar-refractivity contribution is -0.00719. The molecular weight excluding hydrogens is 408 g/mol. The number of amides is 1. The smallest absolute Gasteiger partial charge is 0.274 e. The summed E-state index contributed by atoms with van der Waals surface area (Å²) in [7, 11) is 0. The summed E-state index contributed by atoms with van der Waals surface area (Å²) in [5, 5.41) is 4.85. The van der Waals surface area contributed by atoms with Crippen molar-refractivity contribution in [1.29, 1.82) is 0 Å². The fraction of sp³-hybridized carbons (Fsp3) is 0.750. The second-order valence-electron chi connectivity index (χ2n) is 11.8. The van der Waals surface area contributed by atoms with Gasteiger partial charge in [0.2, 0.25) is 0 Å². The highest BCUT2D eigenvalue weighted by Gasteiger charge is 2.52. The van der Waals surface area contributed by atoms with E-state index in [0.717, 1.165) is 55.8 Å². The lowest BCUT2D eigenvalue weighted by Crippen LogP contribution is -2.49. The fourth-order valence-electron chi connectivity index (χ4n) is 8.01. The van der Waals surface area contributed by atoms with Crippen molar-refractivity contribution in [3.63, 3.8) is 0 Å². The van der Waals surface area contributed by atoms with Crippen LogP contribution in [0, 0.1) is 17.8 Å². The number of fused-ring (bicyclic) bond motifs is 1. The van der Waals surface area contributed by atoms with Crippen LogP contribution < -0.4 is 0 Å². The highest BCUT2D eigenvalue weighted by atomic mass is 16.2. The zero-order valence-electron chi connectivity index (χ0n) is 20.4. The van der Waals surface area contributed by atoms with Crippen LogP contribution in [0.2, 0.25) is 0 Å². The molecule has 2 aromatic rings. The monoisotopic (exact) mass is 448 g/mol. The van der Waals surface area contributed by atoms with Gasteiger partial charge in [-0.2, -0.15) is 5.10 Å². The van der Waals surface area contributed by atoms with Gasteiger partial charge >= 0.3 is 0 Å². The van der Waals surface area contributed by atoms with E-state index in [4.69, 9.17) is 10.1 Å². The number of carbonyl (C=O) groups excluding carboxylic acids is 1. The summed E-state index contributed by atoms with van der Waals surface area (Å²) in [6, 6.07) is 4.38. The van der Waals surface area contributed by atoms with Gasteiger partial charge in [-0.1, -0.05) is 32.6 Å². The van der Waals surface area contributed by atoms with E-state index in [2.05, 4.69) is 13.0 Å². The number of rotatable bonds is 6. The molecule has 5 fully saturated rings. The Balaban J connectivity index is 1.37. The number of carbonyl (C=O) groups is 1. The molecule has 0 radical (unpaired) electrons. The molecule has 4 saturated carbocycles. The van der Waals surface area contributed by atoms with Crippen molar-refractivity contribution < 1.29 is 4.79 Å². The number of aromatic nitrogens is 3. The molecular formula is C28H40N4O. The van der Waals surface area contributed by atoms with Gasteiger partial charge in [0, 0.05) is 30.3 Å². The number of hydrogen-bond acceptors (Lipinski definition) is 3. The molecule has 0 atom stereocenters. The van der Waals surface area contributed by atoms with Crippen molar-refractivity contribution in [3.05, 3.63) is 29.2 Å². The molecule has 1 amide bonds. The number of nitrogens with zero attached hydrogens (tertiary/aromatic N) is 4. The molecule has 1 saturated heterocycles. The van der Waals surface area contributed by atoms with Gasteiger partial charge in [-0.15, -0.1) is 0 Å². The first kappa shape index (κ1) is 21.6. The predicted molar refractivity (Wildman–Crippen MR) is 130 cm³/mol. The number of hydrogen-bond donors (Lipinski definition) is 0. The molecule has 2 aromatic heterocycles. The maximum absolute atomic E-state index is 13.3. The van der Waals surface area contributed by atoms with Gasteiger partial charge in [-0.05, 0) is 88.0 Å². The van der Waals surface area contributed by atoms with Gasteiger partial charge < -0.3 is 4.90 Å². The first-order chi connectivity index (χ1) is 16.1. The molecule has 3 heterocycles. The van der Waals surface area contributed by atoms with Crippen molar-refractivity contribution in [2.75, 3.05) is 13.1 Å². The molecule has 0 N–H and O–H groups in total. The number of unbranched alkanes of at least 4 members (excludes halogenated alkanes) is 2. The van der Waals surface area contributed by atoms with Gasteiger partial charge in [0.1, 0.15) is 0 Å². The van der Waals surface area contributed by atoms with E-state index < -0.39 is 0 Å². The first-order valence-electron chi connectivity index (χ1n) is 13.8. The Morgan fingerprint density at radius 3 is 2.27 bits per heavy atom. The third-order valence-electron chi connectivity index (χ3n) is 9.23. The van der Waals surface area contributed by atoms with E-state index in [9.17, 15) is 4.79 Å². The van der Waals surface area contributed by atoms with Crippen LogP contribution >= 0.6 is 0 Å². The van der Waals surface area contributed by atoms with Crippen LogP contribution in [0.25, 0.3) is 5.65 Å². The van der Waals surface area contributed by atoms with E-state index in [-0.39, 0.29) is 11.3 Å². The molecule has 0 aromatic carbocycles. The van der Waals surface area contributed by atoms with Crippen molar-refractivity contribution in [2.45, 2.75) is 102 Å². The Morgan fingerprint density at radius 2 is 1.64 bits per heavy atom. The summed E-state index contributed by atoms with van der Waals surface area (Å²) in [5.74, 6) is 2.81. The highest BCUT2D eigenvalue weighted by Crippen LogP contribution is 2.60. The summed E-state index contributed by atoms with van der Waals surface area (Å²) in [6.45, 7) is 3.99. The quantitative estimate of drug-likeness (QED) is 0.513. The zero-order chi connectivity index (χ0) is 22.4. The van der Waals surface area contributed by atoms with E-state index in [1.165, 1.54) is 82.0 Å². The SMILES string of the molecule is CCCCCc1cc(C23CC4CC(CC(C4)C2)C3)nc2cc(C(=O)N3CCCCCC3)nn12. The molecule has 1 aliphatic heterocycles. The molecule has 0 spiro atoms. The standard InChI is InChI=1S/C28H40N4O/c1-2-3-6-9-23-15-25(28-17-20-12-21(18-28)14-22(13-20)19-28)29-26-16-24(30-32(23)26)27(33)31-10-7-4-5-8-11-31/h15-16,20-22H,2-14,17-19H2,1H3. The molecule has 5 nitrogen and oxygen atoms in total.